The molecule has 0 aliphatic carbocycles. The van der Waals surface area contributed by atoms with Crippen LogP contribution in [0.5, 0.6) is 0 Å². The van der Waals surface area contributed by atoms with Gasteiger partial charge in [-0.05, 0) is 41.4 Å². The molecule has 0 saturated heterocycles. The van der Waals surface area contributed by atoms with E-state index in [1.807, 2.05) is 34.9 Å². The van der Waals surface area contributed by atoms with E-state index in [-0.39, 0.29) is 37.4 Å². The number of carbonyl (C=O) groups excluding carboxylic acids is 3. The Kier molecular flexibility index (Phi) is 8.85. The molecule has 0 fully saturated rings. The molecule has 1 unspecified atom stereocenters. The molecule has 176 valence electrons. The summed E-state index contributed by atoms with van der Waals surface area (Å²) in [4.78, 5) is 40.5. The van der Waals surface area contributed by atoms with E-state index in [0.717, 1.165) is 16.5 Å². The number of ketones is 1. The van der Waals surface area contributed by atoms with E-state index in [9.17, 15) is 19.6 Å². The average Bonchev–Trinajstić information content (AvgIpc) is 3.19. The Bertz CT molecular complexity index is 1270. The van der Waals surface area contributed by atoms with E-state index < -0.39 is 17.8 Å². The number of amides is 1. The lowest BCUT2D eigenvalue weighted by molar-refractivity contribution is -0.149. The standard InChI is InChI=1S/C24H23BrN4O4S/c1-2-33-23(32)15(8-10-22(27)31)11-17(30)14-34-24-28-13-21(25)29(24)20-9-7-16(12-26)18-5-3-4-6-19(18)20/h3-7,9,13,15H,2,8,10-11,14H2,1H3,(H2,27,31). The number of esters is 1. The number of rotatable bonds is 11. The van der Waals surface area contributed by atoms with Crippen LogP contribution in [-0.4, -0.2) is 39.6 Å². The van der Waals surface area contributed by atoms with Crippen LogP contribution in [0.2, 0.25) is 0 Å². The van der Waals surface area contributed by atoms with Crippen LogP contribution in [0.3, 0.4) is 0 Å². The largest absolute Gasteiger partial charge is 0.466 e. The van der Waals surface area contributed by atoms with Crippen LogP contribution in [0.15, 0.2) is 52.4 Å². The van der Waals surface area contributed by atoms with Gasteiger partial charge in [0, 0.05) is 23.6 Å². The van der Waals surface area contributed by atoms with Gasteiger partial charge in [0.15, 0.2) is 5.16 Å². The van der Waals surface area contributed by atoms with Crippen LogP contribution in [0.25, 0.3) is 16.5 Å². The van der Waals surface area contributed by atoms with Gasteiger partial charge < -0.3 is 10.5 Å². The Balaban J connectivity index is 1.80. The molecule has 0 radical (unpaired) electrons. The van der Waals surface area contributed by atoms with Gasteiger partial charge >= 0.3 is 5.97 Å². The summed E-state index contributed by atoms with van der Waals surface area (Å²) < 4.78 is 7.61. The molecule has 1 amide bonds. The highest BCUT2D eigenvalue weighted by Gasteiger charge is 2.24. The fourth-order valence-electron chi connectivity index (χ4n) is 3.57. The van der Waals surface area contributed by atoms with Gasteiger partial charge in [-0.15, -0.1) is 0 Å². The average molecular weight is 543 g/mol. The Morgan fingerprint density at radius 1 is 1.24 bits per heavy atom. The van der Waals surface area contributed by atoms with Crippen molar-refractivity contribution in [1.29, 1.82) is 5.26 Å². The SMILES string of the molecule is CCOC(=O)C(CCC(N)=O)CC(=O)CSc1ncc(Br)n1-c1ccc(C#N)c2ccccc12. The van der Waals surface area contributed by atoms with E-state index in [2.05, 4.69) is 27.0 Å². The number of ether oxygens (including phenoxy) is 1. The normalized spacial score (nSPS) is 11.7. The fraction of sp³-hybridized carbons (Fsp3) is 0.292. The van der Waals surface area contributed by atoms with E-state index >= 15 is 0 Å². The van der Waals surface area contributed by atoms with Gasteiger partial charge in [0.25, 0.3) is 0 Å². The fourth-order valence-corrected chi connectivity index (χ4v) is 5.01. The molecule has 34 heavy (non-hydrogen) atoms. The first-order valence-electron chi connectivity index (χ1n) is 10.6. The number of thioether (sulfide) groups is 1. The van der Waals surface area contributed by atoms with E-state index in [1.54, 1.807) is 19.2 Å². The molecule has 3 aromatic rings. The number of benzene rings is 2. The van der Waals surface area contributed by atoms with E-state index in [1.165, 1.54) is 11.8 Å². The molecular formula is C24H23BrN4O4S. The van der Waals surface area contributed by atoms with Crippen molar-refractivity contribution in [3.05, 3.63) is 52.8 Å². The third-order valence-corrected chi connectivity index (χ3v) is 6.72. The summed E-state index contributed by atoms with van der Waals surface area (Å²) in [6, 6.07) is 13.4. The number of hydrogen-bond acceptors (Lipinski definition) is 7. The van der Waals surface area contributed by atoms with Gasteiger partial charge in [0.2, 0.25) is 5.91 Å². The van der Waals surface area contributed by atoms with E-state index in [4.69, 9.17) is 10.5 Å². The van der Waals surface area contributed by atoms with Gasteiger partial charge in [-0.2, -0.15) is 5.26 Å². The Morgan fingerprint density at radius 2 is 1.97 bits per heavy atom. The highest BCUT2D eigenvalue weighted by molar-refractivity contribution is 9.10. The van der Waals surface area contributed by atoms with Crippen LogP contribution in [0.4, 0.5) is 0 Å². The quantitative estimate of drug-likeness (QED) is 0.284. The van der Waals surface area contributed by atoms with Crippen LogP contribution < -0.4 is 5.73 Å². The molecular weight excluding hydrogens is 520 g/mol. The summed E-state index contributed by atoms with van der Waals surface area (Å²) in [7, 11) is 0. The molecule has 1 heterocycles. The molecule has 3 rings (SSSR count). The number of carbonyl (C=O) groups is 3. The lowest BCUT2D eigenvalue weighted by Crippen LogP contribution is -2.24. The molecule has 10 heteroatoms. The third-order valence-electron chi connectivity index (χ3n) is 5.14. The minimum Gasteiger partial charge on any atom is -0.466 e. The number of nitrogens with two attached hydrogens (primary N) is 1. The number of Topliss-reactive ketones (excluding diaryl/α,β-unsaturated/α-hetero) is 1. The van der Waals surface area contributed by atoms with Crippen molar-refractivity contribution in [2.75, 3.05) is 12.4 Å². The molecule has 2 N–H and O–H groups in total. The second-order valence-electron chi connectivity index (χ2n) is 7.47. The van der Waals surface area contributed by atoms with Gasteiger partial charge in [-0.25, -0.2) is 4.98 Å². The van der Waals surface area contributed by atoms with Crippen molar-refractivity contribution in [2.45, 2.75) is 31.3 Å². The maximum absolute atomic E-state index is 12.7. The predicted octanol–water partition coefficient (Wildman–Crippen LogP) is 4.16. The summed E-state index contributed by atoms with van der Waals surface area (Å²) >= 11 is 4.77. The van der Waals surface area contributed by atoms with Crippen LogP contribution in [-0.2, 0) is 19.1 Å². The lowest BCUT2D eigenvalue weighted by atomic mass is 9.97. The van der Waals surface area contributed by atoms with Gasteiger partial charge in [-0.3, -0.25) is 19.0 Å². The number of hydrogen-bond donors (Lipinski definition) is 1. The molecule has 0 aliphatic heterocycles. The highest BCUT2D eigenvalue weighted by Crippen LogP contribution is 2.32. The zero-order chi connectivity index (χ0) is 24.7. The molecule has 0 aliphatic rings. The predicted molar refractivity (Wildman–Crippen MR) is 132 cm³/mol. The molecule has 0 saturated carbocycles. The number of halogens is 1. The van der Waals surface area contributed by atoms with Crippen molar-refractivity contribution < 1.29 is 19.1 Å². The second-order valence-corrected chi connectivity index (χ2v) is 9.23. The topological polar surface area (TPSA) is 128 Å². The minimum atomic E-state index is -0.713. The Labute approximate surface area is 209 Å². The second kappa shape index (κ2) is 11.8. The van der Waals surface area contributed by atoms with Crippen molar-refractivity contribution in [1.82, 2.24) is 9.55 Å². The van der Waals surface area contributed by atoms with Crippen LogP contribution >= 0.6 is 27.7 Å². The first kappa shape index (κ1) is 25.5. The van der Waals surface area contributed by atoms with Crippen molar-refractivity contribution >= 4 is 56.1 Å². The first-order valence-corrected chi connectivity index (χ1v) is 12.4. The molecule has 8 nitrogen and oxygen atoms in total. The number of primary amides is 1. The zero-order valence-corrected chi connectivity index (χ0v) is 20.9. The zero-order valence-electron chi connectivity index (χ0n) is 18.5. The smallest absolute Gasteiger partial charge is 0.309 e. The van der Waals surface area contributed by atoms with Crippen LogP contribution in [0.1, 0.15) is 31.7 Å². The first-order chi connectivity index (χ1) is 16.3. The maximum Gasteiger partial charge on any atom is 0.309 e. The van der Waals surface area contributed by atoms with Crippen LogP contribution in [0, 0.1) is 17.2 Å². The number of nitriles is 1. The number of imidazole rings is 1. The lowest BCUT2D eigenvalue weighted by Gasteiger charge is -2.15. The molecule has 0 spiro atoms. The summed E-state index contributed by atoms with van der Waals surface area (Å²) in [5, 5.41) is 11.7. The third kappa shape index (κ3) is 6.04. The summed E-state index contributed by atoms with van der Waals surface area (Å²) in [5.41, 5.74) is 6.59. The summed E-state index contributed by atoms with van der Waals surface area (Å²) in [5.74, 6) is -1.82. The minimum absolute atomic E-state index is 0.00697. The van der Waals surface area contributed by atoms with Gasteiger partial charge in [-0.1, -0.05) is 36.0 Å². The van der Waals surface area contributed by atoms with Crippen molar-refractivity contribution in [2.24, 2.45) is 11.7 Å². The van der Waals surface area contributed by atoms with E-state index in [0.29, 0.717) is 15.3 Å². The number of nitrogens with zero attached hydrogens (tertiary/aromatic N) is 3. The summed E-state index contributed by atoms with van der Waals surface area (Å²) in [6.45, 7) is 1.88. The van der Waals surface area contributed by atoms with Gasteiger partial charge in [0.05, 0.1) is 41.8 Å². The van der Waals surface area contributed by atoms with Crippen molar-refractivity contribution in [3.8, 4) is 11.8 Å². The highest BCUT2D eigenvalue weighted by atomic mass is 79.9. The molecule has 1 atom stereocenters. The number of fused-ring (bicyclic) bond motifs is 1. The molecule has 0 bridgehead atoms. The number of aromatic nitrogens is 2. The molecule has 2 aromatic carbocycles. The maximum atomic E-state index is 12.7. The Morgan fingerprint density at radius 3 is 2.65 bits per heavy atom. The monoisotopic (exact) mass is 542 g/mol. The van der Waals surface area contributed by atoms with Gasteiger partial charge in [0.1, 0.15) is 10.4 Å². The Hall–Kier alpha value is -3.16. The van der Waals surface area contributed by atoms with Crippen molar-refractivity contribution in [3.63, 3.8) is 0 Å². The molecule has 1 aromatic heterocycles. The summed E-state index contributed by atoms with van der Waals surface area (Å²) in [6.07, 6.45) is 1.78.